The van der Waals surface area contributed by atoms with Gasteiger partial charge in [0, 0.05) is 0 Å². The number of carboxylic acids is 2. The van der Waals surface area contributed by atoms with E-state index in [1.165, 1.54) is 0 Å². The Morgan fingerprint density at radius 1 is 0.731 bits per heavy atom. The average molecular weight is 364 g/mol. The van der Waals surface area contributed by atoms with Gasteiger partial charge in [0.25, 0.3) is 0 Å². The molecule has 0 aliphatic rings. The quantitative estimate of drug-likeness (QED) is 0.549. The van der Waals surface area contributed by atoms with Crippen LogP contribution in [-0.2, 0) is 19.1 Å². The Bertz CT molecular complexity index is 681. The highest BCUT2D eigenvalue weighted by Crippen LogP contribution is 2.32. The second-order valence-electron chi connectivity index (χ2n) is 5.24. The molecule has 0 aromatic heterocycles. The van der Waals surface area contributed by atoms with Crippen molar-refractivity contribution in [2.24, 2.45) is 0 Å². The standard InChI is InChI=1S/C18H20O8/c19-17(20)11-23-5-7-25-15-9-13-3-1-2-4-14(13)10-16(15)26-8-6-24-12-18(21)22/h1-4,9-10H,5-8,11-12H2,(H,19,20)(H,21,22). The molecule has 0 atom stereocenters. The van der Waals surface area contributed by atoms with E-state index in [4.69, 9.17) is 29.2 Å². The van der Waals surface area contributed by atoms with E-state index >= 15 is 0 Å². The zero-order valence-corrected chi connectivity index (χ0v) is 14.1. The number of benzene rings is 2. The SMILES string of the molecule is O=C(O)COCCOc1cc2ccccc2cc1OCCOCC(=O)O. The highest BCUT2D eigenvalue weighted by molar-refractivity contribution is 5.86. The van der Waals surface area contributed by atoms with Crippen LogP contribution in [0.1, 0.15) is 0 Å². The summed E-state index contributed by atoms with van der Waals surface area (Å²) in [7, 11) is 0. The Morgan fingerprint density at radius 2 is 1.15 bits per heavy atom. The van der Waals surface area contributed by atoms with Crippen molar-refractivity contribution < 1.29 is 38.7 Å². The molecule has 8 heteroatoms. The van der Waals surface area contributed by atoms with Crippen LogP contribution in [0.15, 0.2) is 36.4 Å². The number of ether oxygens (including phenoxy) is 4. The van der Waals surface area contributed by atoms with Crippen molar-refractivity contribution in [1.29, 1.82) is 0 Å². The van der Waals surface area contributed by atoms with Gasteiger partial charge >= 0.3 is 11.9 Å². The first-order valence-corrected chi connectivity index (χ1v) is 7.93. The van der Waals surface area contributed by atoms with Crippen molar-refractivity contribution in [3.63, 3.8) is 0 Å². The van der Waals surface area contributed by atoms with E-state index in [0.717, 1.165) is 10.8 Å². The van der Waals surface area contributed by atoms with Crippen LogP contribution in [0, 0.1) is 0 Å². The lowest BCUT2D eigenvalue weighted by Gasteiger charge is -2.14. The number of fused-ring (bicyclic) bond motifs is 1. The molecule has 0 aliphatic carbocycles. The second kappa shape index (κ2) is 10.2. The van der Waals surface area contributed by atoms with Crippen molar-refractivity contribution in [3.05, 3.63) is 36.4 Å². The van der Waals surface area contributed by atoms with Crippen LogP contribution in [0.5, 0.6) is 11.5 Å². The molecule has 0 aliphatic heterocycles. The lowest BCUT2D eigenvalue weighted by Crippen LogP contribution is -2.14. The molecule has 2 N–H and O–H groups in total. The Morgan fingerprint density at radius 3 is 1.54 bits per heavy atom. The average Bonchev–Trinajstić information content (AvgIpc) is 2.60. The summed E-state index contributed by atoms with van der Waals surface area (Å²) in [6, 6.07) is 11.3. The molecule has 26 heavy (non-hydrogen) atoms. The number of carboxylic acid groups (broad SMARTS) is 2. The largest absolute Gasteiger partial charge is 0.487 e. The van der Waals surface area contributed by atoms with Crippen molar-refractivity contribution in [3.8, 4) is 11.5 Å². The molecule has 0 fully saturated rings. The summed E-state index contributed by atoms with van der Waals surface area (Å²) in [5.41, 5.74) is 0. The normalized spacial score (nSPS) is 10.6. The molecule has 2 aromatic rings. The molecule has 0 bridgehead atoms. The van der Waals surface area contributed by atoms with Crippen molar-refractivity contribution in [1.82, 2.24) is 0 Å². The minimum absolute atomic E-state index is 0.125. The van der Waals surface area contributed by atoms with Crippen LogP contribution < -0.4 is 9.47 Å². The van der Waals surface area contributed by atoms with Gasteiger partial charge in [-0.25, -0.2) is 9.59 Å². The van der Waals surface area contributed by atoms with E-state index in [-0.39, 0.29) is 39.6 Å². The van der Waals surface area contributed by atoms with Gasteiger partial charge in [0.15, 0.2) is 11.5 Å². The molecule has 0 radical (unpaired) electrons. The third-order valence-corrected chi connectivity index (χ3v) is 3.23. The predicted molar refractivity (Wildman–Crippen MR) is 91.8 cm³/mol. The van der Waals surface area contributed by atoms with Gasteiger partial charge in [-0.2, -0.15) is 0 Å². The van der Waals surface area contributed by atoms with E-state index in [1.54, 1.807) is 0 Å². The summed E-state index contributed by atoms with van der Waals surface area (Å²) in [4.78, 5) is 20.8. The molecule has 0 saturated heterocycles. The Balaban J connectivity index is 1.97. The van der Waals surface area contributed by atoms with Crippen LogP contribution in [0.4, 0.5) is 0 Å². The van der Waals surface area contributed by atoms with Crippen LogP contribution in [0.2, 0.25) is 0 Å². The van der Waals surface area contributed by atoms with E-state index in [2.05, 4.69) is 0 Å². The molecule has 2 aromatic carbocycles. The second-order valence-corrected chi connectivity index (χ2v) is 5.24. The van der Waals surface area contributed by atoms with Crippen molar-refractivity contribution in [2.45, 2.75) is 0 Å². The maximum absolute atomic E-state index is 10.4. The van der Waals surface area contributed by atoms with Gasteiger partial charge in [-0.05, 0) is 22.9 Å². The fourth-order valence-electron chi connectivity index (χ4n) is 2.16. The molecule has 8 nitrogen and oxygen atoms in total. The highest BCUT2D eigenvalue weighted by atomic mass is 16.6. The van der Waals surface area contributed by atoms with E-state index < -0.39 is 11.9 Å². The molecular formula is C18H20O8. The summed E-state index contributed by atoms with van der Waals surface area (Å²) in [6.45, 7) is -0.188. The summed E-state index contributed by atoms with van der Waals surface area (Å²) >= 11 is 0. The first-order chi connectivity index (χ1) is 12.6. The molecule has 0 spiro atoms. The smallest absolute Gasteiger partial charge is 0.329 e. The van der Waals surface area contributed by atoms with Gasteiger partial charge in [0.1, 0.15) is 26.4 Å². The molecule has 0 unspecified atom stereocenters. The van der Waals surface area contributed by atoms with Crippen molar-refractivity contribution >= 4 is 22.7 Å². The molecule has 0 saturated carbocycles. The number of hydrogen-bond acceptors (Lipinski definition) is 6. The predicted octanol–water partition coefficient (Wildman–Crippen LogP) is 1.80. The van der Waals surface area contributed by atoms with E-state index in [1.807, 2.05) is 36.4 Å². The lowest BCUT2D eigenvalue weighted by molar-refractivity contribution is -0.143. The van der Waals surface area contributed by atoms with Crippen molar-refractivity contribution in [2.75, 3.05) is 39.6 Å². The Hall–Kier alpha value is -2.84. The number of hydrogen-bond donors (Lipinski definition) is 2. The van der Waals surface area contributed by atoms with Gasteiger partial charge in [-0.3, -0.25) is 0 Å². The van der Waals surface area contributed by atoms with Gasteiger partial charge in [0.2, 0.25) is 0 Å². The minimum Gasteiger partial charge on any atom is -0.487 e. The monoisotopic (exact) mass is 364 g/mol. The van der Waals surface area contributed by atoms with Crippen LogP contribution in [-0.4, -0.2) is 61.8 Å². The molecule has 0 heterocycles. The van der Waals surface area contributed by atoms with Gasteiger partial charge in [-0.15, -0.1) is 0 Å². The fourth-order valence-corrected chi connectivity index (χ4v) is 2.16. The number of carbonyl (C=O) groups is 2. The minimum atomic E-state index is -1.04. The van der Waals surface area contributed by atoms with Crippen LogP contribution >= 0.6 is 0 Å². The maximum Gasteiger partial charge on any atom is 0.329 e. The summed E-state index contributed by atoms with van der Waals surface area (Å²) in [5.74, 6) is -1.11. The highest BCUT2D eigenvalue weighted by Gasteiger charge is 2.09. The molecule has 140 valence electrons. The first-order valence-electron chi connectivity index (χ1n) is 7.93. The van der Waals surface area contributed by atoms with Gasteiger partial charge in [0.05, 0.1) is 13.2 Å². The Labute approximate surface area is 149 Å². The topological polar surface area (TPSA) is 112 Å². The van der Waals surface area contributed by atoms with Gasteiger partial charge in [-0.1, -0.05) is 24.3 Å². The van der Waals surface area contributed by atoms with Gasteiger partial charge < -0.3 is 29.2 Å². The Kier molecular flexibility index (Phi) is 7.66. The molecular weight excluding hydrogens is 344 g/mol. The molecule has 2 rings (SSSR count). The molecule has 0 amide bonds. The first kappa shape index (κ1) is 19.5. The van der Waals surface area contributed by atoms with Crippen LogP contribution in [0.25, 0.3) is 10.8 Å². The maximum atomic E-state index is 10.4. The summed E-state index contributed by atoms with van der Waals surface area (Å²) in [5, 5.41) is 19.0. The van der Waals surface area contributed by atoms with E-state index in [0.29, 0.717) is 11.5 Å². The zero-order valence-electron chi connectivity index (χ0n) is 14.1. The van der Waals surface area contributed by atoms with Crippen LogP contribution in [0.3, 0.4) is 0 Å². The lowest BCUT2D eigenvalue weighted by atomic mass is 10.1. The zero-order chi connectivity index (χ0) is 18.8. The number of rotatable bonds is 12. The number of aliphatic carboxylic acids is 2. The summed E-state index contributed by atoms with van der Waals surface area (Å²) in [6.07, 6.45) is 0. The third-order valence-electron chi connectivity index (χ3n) is 3.23. The summed E-state index contributed by atoms with van der Waals surface area (Å²) < 4.78 is 21.2. The van der Waals surface area contributed by atoms with E-state index in [9.17, 15) is 9.59 Å². The third kappa shape index (κ3) is 6.58. The fraction of sp³-hybridized carbons (Fsp3) is 0.333.